The molecular weight excluding hydrogens is 509 g/mol. The summed E-state index contributed by atoms with van der Waals surface area (Å²) in [6, 6.07) is 12.4. The predicted octanol–water partition coefficient (Wildman–Crippen LogP) is 5.52. The van der Waals surface area contributed by atoms with Crippen molar-refractivity contribution in [2.75, 3.05) is 0 Å². The molecule has 0 spiro atoms. The number of benzene rings is 3. The van der Waals surface area contributed by atoms with Gasteiger partial charge in [-0.3, -0.25) is 0 Å². The van der Waals surface area contributed by atoms with Gasteiger partial charge in [0.05, 0.1) is 0 Å². The Bertz CT molecular complexity index is 1320. The van der Waals surface area contributed by atoms with Crippen LogP contribution in [0.2, 0.25) is 0 Å². The van der Waals surface area contributed by atoms with Crippen LogP contribution in [0, 0.1) is 23.7 Å². The Labute approximate surface area is 190 Å². The van der Waals surface area contributed by atoms with E-state index < -0.39 is 23.5 Å². The zero-order valence-electron chi connectivity index (χ0n) is 16.3. The quantitative estimate of drug-likeness (QED) is 0.174. The van der Waals surface area contributed by atoms with Crippen molar-refractivity contribution in [1.82, 2.24) is 7.96 Å². The van der Waals surface area contributed by atoms with Gasteiger partial charge in [-0.25, -0.2) is 0 Å². The standard InChI is InChI=1S/C24H10F6N2Se/c25-23(26,27)19-11-3-15(4-12-19)1-7-17-9-10-18(22-21(17)31-33-32-22)8-2-16-5-13-20(14-6-16)24(28,29)30/h3-6,9-14H. The number of hydrogen-bond acceptors (Lipinski definition) is 2. The Morgan fingerprint density at radius 1 is 0.515 bits per heavy atom. The molecule has 0 saturated heterocycles. The zero-order chi connectivity index (χ0) is 23.6. The molecular formula is C24H10F6N2Se. The van der Waals surface area contributed by atoms with Gasteiger partial charge in [-0.15, -0.1) is 0 Å². The van der Waals surface area contributed by atoms with E-state index in [1.165, 1.54) is 24.3 Å². The summed E-state index contributed by atoms with van der Waals surface area (Å²) in [5.74, 6) is 11.5. The van der Waals surface area contributed by atoms with Crippen LogP contribution in [0.25, 0.3) is 11.0 Å². The van der Waals surface area contributed by atoms with Gasteiger partial charge in [0.15, 0.2) is 0 Å². The third-order valence-electron chi connectivity index (χ3n) is 4.52. The van der Waals surface area contributed by atoms with Gasteiger partial charge in [0.2, 0.25) is 0 Å². The SMILES string of the molecule is FC(F)(F)c1ccc(C#Cc2ccc(C#Cc3ccc(C(F)(F)F)cc3)c3n[se]nc23)cc1. The van der Waals surface area contributed by atoms with Crippen molar-refractivity contribution in [3.8, 4) is 23.7 Å². The van der Waals surface area contributed by atoms with E-state index in [2.05, 4.69) is 31.6 Å². The van der Waals surface area contributed by atoms with E-state index in [9.17, 15) is 26.3 Å². The average Bonchev–Trinajstić information content (AvgIpc) is 3.26. The van der Waals surface area contributed by atoms with E-state index >= 15 is 0 Å². The van der Waals surface area contributed by atoms with Crippen LogP contribution in [0.4, 0.5) is 26.3 Å². The van der Waals surface area contributed by atoms with E-state index in [0.717, 1.165) is 24.3 Å². The van der Waals surface area contributed by atoms with Crippen molar-refractivity contribution in [3.63, 3.8) is 0 Å². The fraction of sp³-hybridized carbons (Fsp3) is 0.0833. The van der Waals surface area contributed by atoms with Crippen LogP contribution in [0.5, 0.6) is 0 Å². The fourth-order valence-electron chi connectivity index (χ4n) is 2.83. The van der Waals surface area contributed by atoms with Crippen molar-refractivity contribution >= 4 is 26.0 Å². The van der Waals surface area contributed by atoms with Crippen molar-refractivity contribution < 1.29 is 26.3 Å². The molecule has 0 atom stereocenters. The number of fused-ring (bicyclic) bond motifs is 1. The van der Waals surface area contributed by atoms with E-state index in [4.69, 9.17) is 0 Å². The molecule has 0 aliphatic carbocycles. The molecule has 1 aromatic heterocycles. The van der Waals surface area contributed by atoms with Gasteiger partial charge in [0, 0.05) is 0 Å². The number of alkyl halides is 6. The molecule has 0 radical (unpaired) electrons. The molecule has 1 heterocycles. The first kappa shape index (κ1) is 22.7. The number of halogens is 6. The third-order valence-corrected chi connectivity index (χ3v) is 5.63. The molecule has 0 saturated carbocycles. The molecule has 0 unspecified atom stereocenters. The molecule has 2 nitrogen and oxygen atoms in total. The van der Waals surface area contributed by atoms with Gasteiger partial charge >= 0.3 is 190 Å². The summed E-state index contributed by atoms with van der Waals surface area (Å²) >= 11 is -0.390. The van der Waals surface area contributed by atoms with Crippen molar-refractivity contribution in [2.45, 2.75) is 12.4 Å². The molecule has 164 valence electrons. The molecule has 33 heavy (non-hydrogen) atoms. The molecule has 0 amide bonds. The summed E-state index contributed by atoms with van der Waals surface area (Å²) in [6.07, 6.45) is -8.82. The Kier molecular flexibility index (Phi) is 6.03. The molecule has 0 aliphatic heterocycles. The summed E-state index contributed by atoms with van der Waals surface area (Å²) in [4.78, 5) is 0. The van der Waals surface area contributed by atoms with E-state index in [-0.39, 0.29) is 15.0 Å². The first-order valence-electron chi connectivity index (χ1n) is 9.25. The number of aromatic nitrogens is 2. The van der Waals surface area contributed by atoms with Gasteiger partial charge in [0.1, 0.15) is 0 Å². The Morgan fingerprint density at radius 3 is 1.21 bits per heavy atom. The van der Waals surface area contributed by atoms with Crippen LogP contribution in [0.1, 0.15) is 33.4 Å². The average molecular weight is 519 g/mol. The second kappa shape index (κ2) is 8.78. The number of nitrogens with zero attached hydrogens (tertiary/aromatic N) is 2. The second-order valence-corrected chi connectivity index (χ2v) is 7.88. The molecule has 0 bridgehead atoms. The second-order valence-electron chi connectivity index (χ2n) is 6.77. The Morgan fingerprint density at radius 2 is 0.879 bits per heavy atom. The van der Waals surface area contributed by atoms with Crippen LogP contribution < -0.4 is 0 Å². The zero-order valence-corrected chi connectivity index (χ0v) is 18.1. The first-order chi connectivity index (χ1) is 15.6. The van der Waals surface area contributed by atoms with Crippen LogP contribution >= 0.6 is 0 Å². The number of hydrogen-bond donors (Lipinski definition) is 0. The molecule has 4 rings (SSSR count). The van der Waals surface area contributed by atoms with E-state index in [0.29, 0.717) is 33.3 Å². The summed E-state index contributed by atoms with van der Waals surface area (Å²) in [7, 11) is 0. The maximum absolute atomic E-state index is 12.7. The fourth-order valence-corrected chi connectivity index (χ4v) is 4.04. The molecule has 0 aliphatic rings. The molecule has 9 heteroatoms. The molecule has 0 N–H and O–H groups in total. The minimum atomic E-state index is -4.41. The van der Waals surface area contributed by atoms with Crippen LogP contribution in [-0.2, 0) is 12.4 Å². The minimum absolute atomic E-state index is 0.390. The summed E-state index contributed by atoms with van der Waals surface area (Å²) < 4.78 is 84.8. The summed E-state index contributed by atoms with van der Waals surface area (Å²) in [5.41, 5.74) is 1.57. The van der Waals surface area contributed by atoms with Gasteiger partial charge in [0.25, 0.3) is 0 Å². The molecule has 0 fully saturated rings. The van der Waals surface area contributed by atoms with Gasteiger partial charge in [-0.2, -0.15) is 0 Å². The molecule has 4 aromatic rings. The van der Waals surface area contributed by atoms with Crippen molar-refractivity contribution in [3.05, 3.63) is 94.0 Å². The van der Waals surface area contributed by atoms with Gasteiger partial charge < -0.3 is 0 Å². The summed E-state index contributed by atoms with van der Waals surface area (Å²) in [6.45, 7) is 0. The third kappa shape index (κ3) is 5.28. The first-order valence-corrected chi connectivity index (χ1v) is 10.8. The Hall–Kier alpha value is -3.52. The van der Waals surface area contributed by atoms with Gasteiger partial charge in [-0.05, 0) is 0 Å². The molecule has 3 aromatic carbocycles. The van der Waals surface area contributed by atoms with Crippen molar-refractivity contribution in [1.29, 1.82) is 0 Å². The maximum atomic E-state index is 12.7. The van der Waals surface area contributed by atoms with Gasteiger partial charge in [-0.1, -0.05) is 0 Å². The Balaban J connectivity index is 1.60. The van der Waals surface area contributed by atoms with Crippen LogP contribution in [0.3, 0.4) is 0 Å². The van der Waals surface area contributed by atoms with Crippen LogP contribution in [-0.4, -0.2) is 22.9 Å². The van der Waals surface area contributed by atoms with E-state index in [1.54, 1.807) is 12.1 Å². The normalized spacial score (nSPS) is 11.5. The number of rotatable bonds is 0. The summed E-state index contributed by atoms with van der Waals surface area (Å²) in [5, 5.41) is 0. The van der Waals surface area contributed by atoms with Crippen molar-refractivity contribution in [2.24, 2.45) is 0 Å². The topological polar surface area (TPSA) is 25.8 Å². The van der Waals surface area contributed by atoms with E-state index in [1.807, 2.05) is 0 Å². The predicted molar refractivity (Wildman–Crippen MR) is 111 cm³/mol. The monoisotopic (exact) mass is 520 g/mol. The van der Waals surface area contributed by atoms with Crippen LogP contribution in [0.15, 0.2) is 60.7 Å².